The molecule has 0 aliphatic rings. The van der Waals surface area contributed by atoms with E-state index in [1.165, 1.54) is 21.7 Å². The lowest BCUT2D eigenvalue weighted by Gasteiger charge is -2.15. The molecule has 0 fully saturated rings. The summed E-state index contributed by atoms with van der Waals surface area (Å²) in [6.45, 7) is 0. The third kappa shape index (κ3) is 5.13. The Morgan fingerprint density at radius 2 is 0.863 bits per heavy atom. The molecule has 238 valence electrons. The fourth-order valence-electron chi connectivity index (χ4n) is 7.16. The summed E-state index contributed by atoms with van der Waals surface area (Å²) in [7, 11) is 0. The fraction of sp³-hybridized carbons (Fsp3) is 0. The van der Waals surface area contributed by atoms with Gasteiger partial charge in [-0.1, -0.05) is 158 Å². The van der Waals surface area contributed by atoms with Crippen LogP contribution in [0.15, 0.2) is 180 Å². The first-order valence-corrected chi connectivity index (χ1v) is 17.1. The minimum absolute atomic E-state index is 0.611. The maximum absolute atomic E-state index is 6.17. The van der Waals surface area contributed by atoms with Crippen molar-refractivity contribution in [2.24, 2.45) is 0 Å². The molecule has 0 saturated heterocycles. The molecule has 2 aromatic heterocycles. The second-order valence-electron chi connectivity index (χ2n) is 12.8. The molecular weight excluding hydrogens is 623 g/mol. The summed E-state index contributed by atoms with van der Waals surface area (Å²) in [5.41, 5.74) is 6.99. The third-order valence-corrected chi connectivity index (χ3v) is 9.73. The Morgan fingerprint density at radius 3 is 1.59 bits per heavy atom. The molecule has 0 N–H and O–H groups in total. The number of para-hydroxylation sites is 1. The molecule has 51 heavy (non-hydrogen) atoms. The van der Waals surface area contributed by atoms with Crippen LogP contribution >= 0.6 is 0 Å². The molecule has 0 amide bonds. The van der Waals surface area contributed by atoms with Crippen LogP contribution in [0.4, 0.5) is 0 Å². The summed E-state index contributed by atoms with van der Waals surface area (Å²) >= 11 is 0. The zero-order valence-corrected chi connectivity index (χ0v) is 27.5. The van der Waals surface area contributed by atoms with E-state index >= 15 is 0 Å². The van der Waals surface area contributed by atoms with E-state index in [4.69, 9.17) is 19.4 Å². The van der Waals surface area contributed by atoms with Gasteiger partial charge in [-0.2, -0.15) is 0 Å². The summed E-state index contributed by atoms with van der Waals surface area (Å²) < 4.78 is 6.17. The van der Waals surface area contributed by atoms with Crippen LogP contribution in [0, 0.1) is 0 Å². The molecule has 4 nitrogen and oxygen atoms in total. The minimum Gasteiger partial charge on any atom is -0.456 e. The average molecular weight is 652 g/mol. The minimum atomic E-state index is 0.611. The van der Waals surface area contributed by atoms with Crippen LogP contribution in [0.3, 0.4) is 0 Å². The van der Waals surface area contributed by atoms with Gasteiger partial charge < -0.3 is 4.42 Å². The predicted octanol–water partition coefficient (Wildman–Crippen LogP) is 12.4. The highest BCUT2D eigenvalue weighted by Gasteiger charge is 2.18. The van der Waals surface area contributed by atoms with Crippen LogP contribution < -0.4 is 0 Å². The zero-order valence-electron chi connectivity index (χ0n) is 27.5. The molecule has 0 bridgehead atoms. The maximum atomic E-state index is 6.17. The van der Waals surface area contributed by atoms with Crippen molar-refractivity contribution in [1.82, 2.24) is 15.0 Å². The van der Waals surface area contributed by atoms with Crippen molar-refractivity contribution in [1.29, 1.82) is 0 Å². The smallest absolute Gasteiger partial charge is 0.165 e. The van der Waals surface area contributed by atoms with Crippen LogP contribution in [0.5, 0.6) is 0 Å². The lowest BCUT2D eigenvalue weighted by Crippen LogP contribution is -2.01. The first-order valence-electron chi connectivity index (χ1n) is 17.1. The molecule has 2 heterocycles. The van der Waals surface area contributed by atoms with Crippen LogP contribution in [0.1, 0.15) is 0 Å². The quantitative estimate of drug-likeness (QED) is 0.137. The number of nitrogens with zero attached hydrogens (tertiary/aromatic N) is 3. The molecule has 0 saturated carbocycles. The Balaban J connectivity index is 1.17. The first-order chi connectivity index (χ1) is 25.2. The van der Waals surface area contributed by atoms with Crippen molar-refractivity contribution in [3.63, 3.8) is 0 Å². The van der Waals surface area contributed by atoms with Gasteiger partial charge in [-0.15, -0.1) is 0 Å². The van der Waals surface area contributed by atoms with Crippen LogP contribution in [-0.4, -0.2) is 15.0 Å². The highest BCUT2D eigenvalue weighted by atomic mass is 16.3. The number of rotatable bonds is 5. The monoisotopic (exact) mass is 651 g/mol. The van der Waals surface area contributed by atoms with Crippen molar-refractivity contribution < 1.29 is 4.42 Å². The Bertz CT molecular complexity index is 2860. The van der Waals surface area contributed by atoms with Gasteiger partial charge in [0.15, 0.2) is 17.5 Å². The number of hydrogen-bond acceptors (Lipinski definition) is 4. The summed E-state index contributed by atoms with van der Waals surface area (Å²) in [6, 6.07) is 61.1. The summed E-state index contributed by atoms with van der Waals surface area (Å²) in [6.07, 6.45) is 0. The van der Waals surface area contributed by atoms with Crippen molar-refractivity contribution in [2.75, 3.05) is 0 Å². The molecular formula is C47H29N3O. The molecule has 10 aromatic rings. The van der Waals surface area contributed by atoms with Crippen LogP contribution in [-0.2, 0) is 0 Å². The number of benzene rings is 8. The van der Waals surface area contributed by atoms with Gasteiger partial charge in [0.1, 0.15) is 11.3 Å². The Kier molecular flexibility index (Phi) is 6.78. The molecule has 0 atom stereocenters. The Hall–Kier alpha value is -6.91. The largest absolute Gasteiger partial charge is 0.456 e. The lowest BCUT2D eigenvalue weighted by molar-refractivity contribution is 0.631. The highest BCUT2D eigenvalue weighted by Crippen LogP contribution is 2.39. The van der Waals surface area contributed by atoms with Gasteiger partial charge in [-0.25, -0.2) is 15.0 Å². The lowest BCUT2D eigenvalue weighted by atomic mass is 9.93. The predicted molar refractivity (Wildman–Crippen MR) is 209 cm³/mol. The summed E-state index contributed by atoms with van der Waals surface area (Å²) in [5, 5.41) is 8.00. The summed E-state index contributed by atoms with van der Waals surface area (Å²) in [5.74, 6) is 2.70. The van der Waals surface area contributed by atoms with Gasteiger partial charge in [-0.05, 0) is 61.6 Å². The molecule has 0 aliphatic carbocycles. The Labute approximate surface area is 294 Å². The van der Waals surface area contributed by atoms with E-state index in [0.29, 0.717) is 17.5 Å². The van der Waals surface area contributed by atoms with E-state index in [1.807, 2.05) is 24.3 Å². The van der Waals surface area contributed by atoms with Gasteiger partial charge >= 0.3 is 0 Å². The second kappa shape index (κ2) is 11.9. The average Bonchev–Trinajstić information content (AvgIpc) is 3.65. The van der Waals surface area contributed by atoms with E-state index in [9.17, 15) is 0 Å². The zero-order chi connectivity index (χ0) is 33.7. The van der Waals surface area contributed by atoms with Gasteiger partial charge in [0, 0.05) is 27.6 Å². The van der Waals surface area contributed by atoms with E-state index in [2.05, 4.69) is 152 Å². The fourth-order valence-corrected chi connectivity index (χ4v) is 7.16. The van der Waals surface area contributed by atoms with E-state index in [-0.39, 0.29) is 0 Å². The van der Waals surface area contributed by atoms with Crippen molar-refractivity contribution in [3.8, 4) is 56.6 Å². The number of fused-ring (bicyclic) bond motifs is 5. The van der Waals surface area contributed by atoms with Crippen LogP contribution in [0.25, 0.3) is 99.9 Å². The topological polar surface area (TPSA) is 51.8 Å². The van der Waals surface area contributed by atoms with E-state index in [0.717, 1.165) is 60.7 Å². The summed E-state index contributed by atoms with van der Waals surface area (Å²) in [4.78, 5) is 15.6. The van der Waals surface area contributed by atoms with Crippen LogP contribution in [0.2, 0.25) is 0 Å². The van der Waals surface area contributed by atoms with Gasteiger partial charge in [0.25, 0.3) is 0 Å². The third-order valence-electron chi connectivity index (χ3n) is 9.73. The SMILES string of the molecule is c1ccc(-c2ccc(-c3nc(-c4ccc(-c5cc6ccccc6o5)cc4)nc(-c4c5ccccc5cc5c4ccc4ccccc45)n3)cc2)cc1. The van der Waals surface area contributed by atoms with E-state index < -0.39 is 0 Å². The normalized spacial score (nSPS) is 11.5. The van der Waals surface area contributed by atoms with Gasteiger partial charge in [0.2, 0.25) is 0 Å². The first kappa shape index (κ1) is 29.0. The molecule has 0 spiro atoms. The van der Waals surface area contributed by atoms with Crippen molar-refractivity contribution in [2.45, 2.75) is 0 Å². The molecule has 0 aliphatic heterocycles. The molecule has 10 rings (SSSR count). The Morgan fingerprint density at radius 1 is 0.314 bits per heavy atom. The second-order valence-corrected chi connectivity index (χ2v) is 12.8. The number of hydrogen-bond donors (Lipinski definition) is 0. The highest BCUT2D eigenvalue weighted by molar-refractivity contribution is 6.19. The number of aromatic nitrogens is 3. The van der Waals surface area contributed by atoms with Gasteiger partial charge in [0.05, 0.1) is 0 Å². The van der Waals surface area contributed by atoms with Crippen molar-refractivity contribution >= 4 is 43.3 Å². The standard InChI is InChI=1S/C47H29N3O/c1-2-10-30(11-3-1)31-18-22-34(23-19-31)45-48-46(35-24-20-33(21-25-35)43-29-37-14-6-9-17-42(37)51-43)50-47(49-45)44-39-16-8-5-13-36(39)28-41-38-15-7-4-12-32(38)26-27-40(41)44/h1-29H. The van der Waals surface area contributed by atoms with Gasteiger partial charge in [-0.3, -0.25) is 0 Å². The number of furan rings is 1. The molecule has 4 heteroatoms. The molecule has 8 aromatic carbocycles. The molecule has 0 radical (unpaired) electrons. The molecule has 0 unspecified atom stereocenters. The van der Waals surface area contributed by atoms with Crippen molar-refractivity contribution in [3.05, 3.63) is 176 Å². The van der Waals surface area contributed by atoms with E-state index in [1.54, 1.807) is 0 Å². The maximum Gasteiger partial charge on any atom is 0.165 e.